The Labute approximate surface area is 66.4 Å². The number of rotatable bonds is 1. The lowest BCUT2D eigenvalue weighted by Gasteiger charge is -2.03. The standard InChI is InChI=1S/C5H8BrN3O/c1-3(2)9-4(6)7-8-5(9)10/h3H,1-2H3,(H,8,10). The Balaban J connectivity index is 3.23. The fourth-order valence-electron chi connectivity index (χ4n) is 0.733. The summed E-state index contributed by atoms with van der Waals surface area (Å²) in [4.78, 5) is 10.9. The van der Waals surface area contributed by atoms with E-state index in [0.29, 0.717) is 4.73 Å². The largest absolute Gasteiger partial charge is 0.344 e. The summed E-state index contributed by atoms with van der Waals surface area (Å²) in [5, 5.41) is 6.01. The Morgan fingerprint density at radius 1 is 1.70 bits per heavy atom. The van der Waals surface area contributed by atoms with E-state index in [1.165, 1.54) is 4.57 Å². The average molecular weight is 206 g/mol. The molecule has 4 nitrogen and oxygen atoms in total. The van der Waals surface area contributed by atoms with Gasteiger partial charge in [0.05, 0.1) is 0 Å². The number of aromatic nitrogens is 3. The zero-order chi connectivity index (χ0) is 7.72. The van der Waals surface area contributed by atoms with Crippen LogP contribution in [0.2, 0.25) is 0 Å². The van der Waals surface area contributed by atoms with E-state index in [-0.39, 0.29) is 11.7 Å². The fraction of sp³-hybridized carbons (Fsp3) is 0.600. The highest BCUT2D eigenvalue weighted by Gasteiger charge is 2.06. The topological polar surface area (TPSA) is 50.7 Å². The van der Waals surface area contributed by atoms with Gasteiger partial charge in [-0.1, -0.05) is 0 Å². The lowest BCUT2D eigenvalue weighted by Crippen LogP contribution is -2.18. The summed E-state index contributed by atoms with van der Waals surface area (Å²) in [5.41, 5.74) is -0.179. The van der Waals surface area contributed by atoms with Crippen LogP contribution in [-0.4, -0.2) is 14.8 Å². The predicted molar refractivity (Wildman–Crippen MR) is 40.9 cm³/mol. The second kappa shape index (κ2) is 2.57. The van der Waals surface area contributed by atoms with Crippen molar-refractivity contribution >= 4 is 15.9 Å². The van der Waals surface area contributed by atoms with Crippen LogP contribution in [-0.2, 0) is 0 Å². The highest BCUT2D eigenvalue weighted by atomic mass is 79.9. The molecule has 0 radical (unpaired) electrons. The molecule has 0 aliphatic rings. The first kappa shape index (κ1) is 7.53. The van der Waals surface area contributed by atoms with Crippen molar-refractivity contribution in [2.45, 2.75) is 19.9 Å². The normalized spacial score (nSPS) is 10.8. The van der Waals surface area contributed by atoms with E-state index in [9.17, 15) is 4.79 Å². The number of halogens is 1. The molecular formula is C5H8BrN3O. The summed E-state index contributed by atoms with van der Waals surface area (Å²) in [6, 6.07) is 0.139. The van der Waals surface area contributed by atoms with Crippen LogP contribution in [0, 0.1) is 0 Å². The summed E-state index contributed by atoms with van der Waals surface area (Å²) in [5.74, 6) is 0. The molecule has 0 fully saturated rings. The van der Waals surface area contributed by atoms with Crippen LogP contribution >= 0.6 is 15.9 Å². The van der Waals surface area contributed by atoms with Crippen molar-refractivity contribution in [1.82, 2.24) is 14.8 Å². The number of nitrogens with zero attached hydrogens (tertiary/aromatic N) is 2. The van der Waals surface area contributed by atoms with Crippen LogP contribution < -0.4 is 5.69 Å². The Morgan fingerprint density at radius 2 is 2.30 bits per heavy atom. The third-order valence-corrected chi connectivity index (χ3v) is 1.74. The minimum absolute atomic E-state index is 0.139. The van der Waals surface area contributed by atoms with Crippen molar-refractivity contribution in [3.8, 4) is 0 Å². The summed E-state index contributed by atoms with van der Waals surface area (Å²) < 4.78 is 2.08. The monoisotopic (exact) mass is 205 g/mol. The zero-order valence-corrected chi connectivity index (χ0v) is 7.34. The predicted octanol–water partition coefficient (Wildman–Crippen LogP) is 0.915. The van der Waals surface area contributed by atoms with Gasteiger partial charge in [-0.2, -0.15) is 0 Å². The molecule has 0 bridgehead atoms. The molecule has 0 aliphatic heterocycles. The van der Waals surface area contributed by atoms with Gasteiger partial charge in [0.25, 0.3) is 0 Å². The maximum absolute atomic E-state index is 10.9. The second-order valence-corrected chi connectivity index (χ2v) is 2.97. The molecule has 5 heteroatoms. The number of hydrogen-bond acceptors (Lipinski definition) is 2. The summed E-state index contributed by atoms with van der Waals surface area (Å²) >= 11 is 3.14. The molecule has 1 aromatic rings. The minimum atomic E-state index is -0.179. The van der Waals surface area contributed by atoms with E-state index in [1.54, 1.807) is 0 Å². The molecular weight excluding hydrogens is 198 g/mol. The SMILES string of the molecule is CC(C)n1c(Br)n[nH]c1=O. The average Bonchev–Trinajstić information content (AvgIpc) is 2.11. The zero-order valence-electron chi connectivity index (χ0n) is 5.76. The van der Waals surface area contributed by atoms with Gasteiger partial charge in [0.1, 0.15) is 0 Å². The van der Waals surface area contributed by atoms with Crippen molar-refractivity contribution in [3.05, 3.63) is 15.2 Å². The first-order chi connectivity index (χ1) is 4.63. The fourth-order valence-corrected chi connectivity index (χ4v) is 1.39. The Kier molecular flexibility index (Phi) is 1.94. The van der Waals surface area contributed by atoms with E-state index < -0.39 is 0 Å². The molecule has 0 atom stereocenters. The quantitative estimate of drug-likeness (QED) is 0.742. The summed E-state index contributed by atoms with van der Waals surface area (Å²) in [6.07, 6.45) is 0. The van der Waals surface area contributed by atoms with Crippen molar-refractivity contribution < 1.29 is 0 Å². The third-order valence-electron chi connectivity index (χ3n) is 1.18. The number of nitrogens with one attached hydrogen (secondary N) is 1. The van der Waals surface area contributed by atoms with Crippen LogP contribution in [0.3, 0.4) is 0 Å². The van der Waals surface area contributed by atoms with E-state index in [1.807, 2.05) is 13.8 Å². The number of aromatic amines is 1. The molecule has 0 aromatic carbocycles. The van der Waals surface area contributed by atoms with Gasteiger partial charge < -0.3 is 0 Å². The maximum atomic E-state index is 10.9. The van der Waals surface area contributed by atoms with Gasteiger partial charge in [0.2, 0.25) is 4.73 Å². The number of H-pyrrole nitrogens is 1. The lowest BCUT2D eigenvalue weighted by atomic mass is 10.4. The molecule has 0 spiro atoms. The summed E-state index contributed by atoms with van der Waals surface area (Å²) in [7, 11) is 0. The molecule has 0 unspecified atom stereocenters. The molecule has 1 aromatic heterocycles. The Hall–Kier alpha value is -0.580. The Morgan fingerprint density at radius 3 is 2.50 bits per heavy atom. The summed E-state index contributed by atoms with van der Waals surface area (Å²) in [6.45, 7) is 3.84. The van der Waals surface area contributed by atoms with Crippen LogP contribution in [0.4, 0.5) is 0 Å². The van der Waals surface area contributed by atoms with E-state index in [4.69, 9.17) is 0 Å². The maximum Gasteiger partial charge on any atom is 0.344 e. The van der Waals surface area contributed by atoms with Crippen LogP contribution in [0.1, 0.15) is 19.9 Å². The molecule has 56 valence electrons. The number of hydrogen-bond donors (Lipinski definition) is 1. The van der Waals surface area contributed by atoms with Crippen molar-refractivity contribution in [2.24, 2.45) is 0 Å². The molecule has 0 amide bonds. The molecule has 0 aliphatic carbocycles. The molecule has 10 heavy (non-hydrogen) atoms. The van der Waals surface area contributed by atoms with Gasteiger partial charge in [-0.3, -0.25) is 4.57 Å². The van der Waals surface area contributed by atoms with Gasteiger partial charge in [-0.25, -0.2) is 9.89 Å². The van der Waals surface area contributed by atoms with Crippen LogP contribution in [0.25, 0.3) is 0 Å². The van der Waals surface area contributed by atoms with Gasteiger partial charge in [0.15, 0.2) is 0 Å². The lowest BCUT2D eigenvalue weighted by molar-refractivity contribution is 0.568. The van der Waals surface area contributed by atoms with E-state index >= 15 is 0 Å². The molecule has 1 N–H and O–H groups in total. The molecule has 0 saturated heterocycles. The van der Waals surface area contributed by atoms with Crippen molar-refractivity contribution in [2.75, 3.05) is 0 Å². The van der Waals surface area contributed by atoms with Crippen LogP contribution in [0.15, 0.2) is 9.53 Å². The third kappa shape index (κ3) is 1.13. The Bertz CT molecular complexity index is 275. The first-order valence-electron chi connectivity index (χ1n) is 2.95. The molecule has 0 saturated carbocycles. The first-order valence-corrected chi connectivity index (χ1v) is 3.74. The van der Waals surface area contributed by atoms with Crippen molar-refractivity contribution in [3.63, 3.8) is 0 Å². The highest BCUT2D eigenvalue weighted by Crippen LogP contribution is 2.07. The van der Waals surface area contributed by atoms with E-state index in [2.05, 4.69) is 26.1 Å². The van der Waals surface area contributed by atoms with Gasteiger partial charge in [0, 0.05) is 6.04 Å². The van der Waals surface area contributed by atoms with Crippen LogP contribution in [0.5, 0.6) is 0 Å². The van der Waals surface area contributed by atoms with Gasteiger partial charge in [-0.15, -0.1) is 5.10 Å². The van der Waals surface area contributed by atoms with Gasteiger partial charge >= 0.3 is 5.69 Å². The smallest absolute Gasteiger partial charge is 0.267 e. The van der Waals surface area contributed by atoms with E-state index in [0.717, 1.165) is 0 Å². The highest BCUT2D eigenvalue weighted by molar-refractivity contribution is 9.10. The molecule has 1 heterocycles. The molecule has 1 rings (SSSR count). The second-order valence-electron chi connectivity index (χ2n) is 2.26. The van der Waals surface area contributed by atoms with Gasteiger partial charge in [-0.05, 0) is 29.8 Å². The van der Waals surface area contributed by atoms with Crippen molar-refractivity contribution in [1.29, 1.82) is 0 Å². The minimum Gasteiger partial charge on any atom is -0.267 e.